The van der Waals surface area contributed by atoms with Gasteiger partial charge in [-0.2, -0.15) is 0 Å². The maximum Gasteiger partial charge on any atom is 0.291 e. The second kappa shape index (κ2) is 8.19. The maximum atomic E-state index is 3.83. The molecular formula is C26H26N3+. The molecule has 0 amide bonds. The number of rotatable bonds is 6. The summed E-state index contributed by atoms with van der Waals surface area (Å²) in [5.74, 6) is 1.14. The van der Waals surface area contributed by atoms with Crippen LogP contribution in [0.2, 0.25) is 0 Å². The van der Waals surface area contributed by atoms with Gasteiger partial charge in [0.1, 0.15) is 12.4 Å². The number of aryl methyl sites for hydroxylation is 2. The van der Waals surface area contributed by atoms with Gasteiger partial charge < -0.3 is 5.32 Å². The summed E-state index contributed by atoms with van der Waals surface area (Å²) in [6.07, 6.45) is 8.64. The molecule has 0 spiro atoms. The van der Waals surface area contributed by atoms with Crippen LogP contribution in [-0.2, 0) is 19.6 Å². The van der Waals surface area contributed by atoms with Gasteiger partial charge in [0.15, 0.2) is 5.54 Å². The van der Waals surface area contributed by atoms with E-state index in [0.717, 1.165) is 11.5 Å². The van der Waals surface area contributed by atoms with Gasteiger partial charge in [-0.1, -0.05) is 84.9 Å². The van der Waals surface area contributed by atoms with Crippen molar-refractivity contribution in [3.8, 4) is 0 Å². The molecule has 4 rings (SSSR count). The van der Waals surface area contributed by atoms with Gasteiger partial charge in [-0.05, 0) is 29.3 Å². The second-order valence-electron chi connectivity index (χ2n) is 7.25. The lowest BCUT2D eigenvalue weighted by molar-refractivity contribution is -0.681. The molecule has 1 N–H and O–H groups in total. The molecule has 0 aliphatic heterocycles. The summed E-state index contributed by atoms with van der Waals surface area (Å²) >= 11 is 0. The van der Waals surface area contributed by atoms with Crippen molar-refractivity contribution < 1.29 is 4.57 Å². The Morgan fingerprint density at radius 3 is 2.00 bits per heavy atom. The number of nitrogens with zero attached hydrogens (tertiary/aromatic N) is 2. The Kier molecular flexibility index (Phi) is 5.30. The van der Waals surface area contributed by atoms with Gasteiger partial charge in [-0.25, -0.2) is 9.13 Å². The Morgan fingerprint density at radius 2 is 1.41 bits per heavy atom. The summed E-state index contributed by atoms with van der Waals surface area (Å²) < 4.78 is 4.36. The maximum absolute atomic E-state index is 3.83. The summed E-state index contributed by atoms with van der Waals surface area (Å²) in [7, 11) is 4.19. The Bertz CT molecular complexity index is 1060. The van der Waals surface area contributed by atoms with Crippen molar-refractivity contribution in [2.24, 2.45) is 14.1 Å². The highest BCUT2D eigenvalue weighted by molar-refractivity contribution is 5.59. The quantitative estimate of drug-likeness (QED) is 0.471. The Hall–Kier alpha value is -3.59. The molecule has 3 aromatic carbocycles. The smallest absolute Gasteiger partial charge is 0.291 e. The average molecular weight is 381 g/mol. The number of anilines is 1. The first kappa shape index (κ1) is 18.8. The molecule has 0 saturated heterocycles. The second-order valence-corrected chi connectivity index (χ2v) is 7.25. The van der Waals surface area contributed by atoms with E-state index < -0.39 is 5.54 Å². The fourth-order valence-corrected chi connectivity index (χ4v) is 3.85. The fraction of sp³-hybridized carbons (Fsp3) is 0.115. The lowest BCUT2D eigenvalue weighted by Gasteiger charge is -2.31. The van der Waals surface area contributed by atoms with Gasteiger partial charge >= 0.3 is 0 Å². The monoisotopic (exact) mass is 380 g/mol. The first-order chi connectivity index (χ1) is 14.2. The van der Waals surface area contributed by atoms with E-state index in [1.54, 1.807) is 0 Å². The summed E-state index contributed by atoms with van der Waals surface area (Å²) in [6.45, 7) is 0. The van der Waals surface area contributed by atoms with E-state index >= 15 is 0 Å². The number of imidazole rings is 1. The van der Waals surface area contributed by atoms with E-state index in [1.165, 1.54) is 11.1 Å². The third kappa shape index (κ3) is 3.85. The third-order valence-electron chi connectivity index (χ3n) is 5.20. The topological polar surface area (TPSA) is 20.8 Å². The molecule has 0 aliphatic rings. The molecule has 29 heavy (non-hydrogen) atoms. The number of nitrogens with one attached hydrogen (secondary N) is 1. The molecule has 0 bridgehead atoms. The molecule has 4 aromatic rings. The predicted molar refractivity (Wildman–Crippen MR) is 119 cm³/mol. The summed E-state index contributed by atoms with van der Waals surface area (Å²) in [6, 6.07) is 31.4. The molecule has 144 valence electrons. The minimum atomic E-state index is -0.550. The highest BCUT2D eigenvalue weighted by Crippen LogP contribution is 2.34. The van der Waals surface area contributed by atoms with Gasteiger partial charge in [0.05, 0.1) is 14.1 Å². The van der Waals surface area contributed by atoms with Crippen LogP contribution in [0.4, 0.5) is 5.69 Å². The van der Waals surface area contributed by atoms with E-state index in [-0.39, 0.29) is 0 Å². The van der Waals surface area contributed by atoms with Crippen LogP contribution in [0.15, 0.2) is 109 Å². The Morgan fingerprint density at radius 1 is 0.828 bits per heavy atom. The SMILES string of the molecule is Cn1cc[n+](C)c1C(C=Cc1ccccc1)(Nc1ccccc1)c1ccccc1. The zero-order valence-corrected chi connectivity index (χ0v) is 16.9. The lowest BCUT2D eigenvalue weighted by atomic mass is 9.86. The molecule has 3 nitrogen and oxygen atoms in total. The van der Waals surface area contributed by atoms with Gasteiger partial charge in [-0.15, -0.1) is 0 Å². The van der Waals surface area contributed by atoms with E-state index in [9.17, 15) is 0 Å². The van der Waals surface area contributed by atoms with Crippen LogP contribution in [0.3, 0.4) is 0 Å². The zero-order chi connectivity index (χ0) is 20.1. The van der Waals surface area contributed by atoms with Gasteiger partial charge in [0, 0.05) is 5.69 Å². The molecule has 1 atom stereocenters. The molecule has 0 radical (unpaired) electrons. The van der Waals surface area contributed by atoms with Crippen molar-refractivity contribution in [2.45, 2.75) is 5.54 Å². The largest absolute Gasteiger partial charge is 0.362 e. The van der Waals surface area contributed by atoms with Gasteiger partial charge in [0.25, 0.3) is 5.82 Å². The Labute approximate surface area is 172 Å². The van der Waals surface area contributed by atoms with Crippen LogP contribution in [0.5, 0.6) is 0 Å². The van der Waals surface area contributed by atoms with Crippen molar-refractivity contribution >= 4 is 11.8 Å². The normalized spacial score (nSPS) is 13.3. The predicted octanol–water partition coefficient (Wildman–Crippen LogP) is 4.92. The fourth-order valence-electron chi connectivity index (χ4n) is 3.85. The highest BCUT2D eigenvalue weighted by atomic mass is 15.2. The van der Waals surface area contributed by atoms with Crippen LogP contribution >= 0.6 is 0 Å². The van der Waals surface area contributed by atoms with E-state index in [4.69, 9.17) is 0 Å². The number of benzene rings is 3. The van der Waals surface area contributed by atoms with Crippen molar-refractivity contribution in [1.82, 2.24) is 4.57 Å². The van der Waals surface area contributed by atoms with Crippen molar-refractivity contribution in [1.29, 1.82) is 0 Å². The molecular weight excluding hydrogens is 354 g/mol. The average Bonchev–Trinajstić information content (AvgIpc) is 3.12. The Balaban J connectivity index is 1.95. The van der Waals surface area contributed by atoms with Crippen LogP contribution in [0, 0.1) is 0 Å². The molecule has 0 saturated carbocycles. The molecule has 1 heterocycles. The van der Waals surface area contributed by atoms with Crippen molar-refractivity contribution in [3.05, 3.63) is 126 Å². The van der Waals surface area contributed by atoms with Crippen LogP contribution in [-0.4, -0.2) is 4.57 Å². The molecule has 1 unspecified atom stereocenters. The van der Waals surface area contributed by atoms with E-state index in [1.807, 2.05) is 12.1 Å². The molecule has 0 aliphatic carbocycles. The highest BCUT2D eigenvalue weighted by Gasteiger charge is 2.41. The molecule has 3 heteroatoms. The van der Waals surface area contributed by atoms with Crippen LogP contribution < -0.4 is 9.88 Å². The van der Waals surface area contributed by atoms with Crippen LogP contribution in [0.1, 0.15) is 17.0 Å². The summed E-state index contributed by atoms with van der Waals surface area (Å²) in [4.78, 5) is 0. The van der Waals surface area contributed by atoms with E-state index in [2.05, 4.69) is 132 Å². The minimum Gasteiger partial charge on any atom is -0.362 e. The van der Waals surface area contributed by atoms with Crippen molar-refractivity contribution in [2.75, 3.05) is 5.32 Å². The van der Waals surface area contributed by atoms with Gasteiger partial charge in [0.2, 0.25) is 0 Å². The first-order valence-electron chi connectivity index (χ1n) is 9.83. The third-order valence-corrected chi connectivity index (χ3v) is 5.20. The van der Waals surface area contributed by atoms with E-state index in [0.29, 0.717) is 0 Å². The summed E-state index contributed by atoms with van der Waals surface area (Å²) in [5.41, 5.74) is 2.86. The number of hydrogen-bond donors (Lipinski definition) is 1. The minimum absolute atomic E-state index is 0.550. The zero-order valence-electron chi connectivity index (χ0n) is 16.9. The van der Waals surface area contributed by atoms with Gasteiger partial charge in [-0.3, -0.25) is 0 Å². The van der Waals surface area contributed by atoms with Crippen LogP contribution in [0.25, 0.3) is 6.08 Å². The first-order valence-corrected chi connectivity index (χ1v) is 9.83. The molecule has 1 aromatic heterocycles. The standard InChI is InChI=1S/C26H26N3/c1-28-20-21-29(2)25(28)26(23-14-8-4-9-15-23,27-24-16-10-5-11-17-24)19-18-22-12-6-3-7-13-22/h3-21,27H,1-2H3/q+1. The number of aromatic nitrogens is 2. The molecule has 0 fully saturated rings. The lowest BCUT2D eigenvalue weighted by Crippen LogP contribution is -2.47. The number of hydrogen-bond acceptors (Lipinski definition) is 1. The van der Waals surface area contributed by atoms with Crippen molar-refractivity contribution in [3.63, 3.8) is 0 Å². The number of para-hydroxylation sites is 1. The summed E-state index contributed by atoms with van der Waals surface area (Å²) in [5, 5.41) is 3.83.